The van der Waals surface area contributed by atoms with Gasteiger partial charge in [-0.3, -0.25) is 9.48 Å². The fourth-order valence-electron chi connectivity index (χ4n) is 2.73. The Morgan fingerprint density at radius 2 is 1.84 bits per heavy atom. The fraction of sp³-hybridized carbons (Fsp3) is 0.474. The molecule has 0 spiro atoms. The first-order valence-corrected chi connectivity index (χ1v) is 8.20. The van der Waals surface area contributed by atoms with Crippen LogP contribution in [0.1, 0.15) is 32.8 Å². The summed E-state index contributed by atoms with van der Waals surface area (Å²) in [5.41, 5.74) is -1.08. The van der Waals surface area contributed by atoms with E-state index in [0.29, 0.717) is 0 Å². The van der Waals surface area contributed by atoms with Crippen LogP contribution in [0.25, 0.3) is 11.3 Å². The quantitative estimate of drug-likeness (QED) is 0.825. The second kappa shape index (κ2) is 7.04. The summed E-state index contributed by atoms with van der Waals surface area (Å²) in [5.74, 6) is -0.469. The molecule has 0 bridgehead atoms. The summed E-state index contributed by atoms with van der Waals surface area (Å²) < 4.78 is 28.1. The maximum absolute atomic E-state index is 13.2. The molecule has 1 aromatic heterocycles. The molecular formula is C19H24F2N2O2. The van der Waals surface area contributed by atoms with Crippen LogP contribution in [0.3, 0.4) is 0 Å². The van der Waals surface area contributed by atoms with E-state index in [1.165, 1.54) is 13.8 Å². The van der Waals surface area contributed by atoms with Crippen LogP contribution in [0.5, 0.6) is 0 Å². The van der Waals surface area contributed by atoms with Gasteiger partial charge >= 0.3 is 0 Å². The number of alkyl halides is 2. The minimum Gasteiger partial charge on any atom is -0.383 e. The Morgan fingerprint density at radius 3 is 2.36 bits per heavy atom. The minimum absolute atomic E-state index is 0.0642. The first-order chi connectivity index (χ1) is 11.6. The zero-order chi connectivity index (χ0) is 18.8. The lowest BCUT2D eigenvalue weighted by molar-refractivity contribution is -0.174. The zero-order valence-corrected chi connectivity index (χ0v) is 15.0. The molecule has 25 heavy (non-hydrogen) atoms. The average molecular weight is 350 g/mol. The third-order valence-corrected chi connectivity index (χ3v) is 5.15. The van der Waals surface area contributed by atoms with Crippen molar-refractivity contribution in [3.63, 3.8) is 0 Å². The van der Waals surface area contributed by atoms with Crippen molar-refractivity contribution in [1.29, 1.82) is 0 Å². The van der Waals surface area contributed by atoms with Crippen LogP contribution >= 0.6 is 0 Å². The summed E-state index contributed by atoms with van der Waals surface area (Å²) in [4.78, 5) is 12.0. The number of hydrogen-bond acceptors (Lipinski definition) is 3. The van der Waals surface area contributed by atoms with Crippen molar-refractivity contribution in [2.75, 3.05) is 0 Å². The van der Waals surface area contributed by atoms with E-state index < -0.39 is 23.2 Å². The predicted molar refractivity (Wildman–Crippen MR) is 92.4 cm³/mol. The fourth-order valence-corrected chi connectivity index (χ4v) is 2.73. The van der Waals surface area contributed by atoms with Gasteiger partial charge in [-0.1, -0.05) is 29.8 Å². The molecule has 0 aliphatic rings. The Kier molecular flexibility index (Phi) is 5.42. The van der Waals surface area contributed by atoms with Crippen LogP contribution in [0.15, 0.2) is 36.5 Å². The van der Waals surface area contributed by atoms with Gasteiger partial charge in [0.2, 0.25) is 0 Å². The van der Waals surface area contributed by atoms with Crippen molar-refractivity contribution in [2.45, 2.75) is 52.7 Å². The van der Waals surface area contributed by atoms with Crippen LogP contribution in [-0.4, -0.2) is 32.7 Å². The van der Waals surface area contributed by atoms with Gasteiger partial charge in [0.1, 0.15) is 11.4 Å². The molecule has 0 saturated heterocycles. The van der Waals surface area contributed by atoms with Gasteiger partial charge in [0.05, 0.1) is 11.1 Å². The van der Waals surface area contributed by atoms with E-state index in [4.69, 9.17) is 0 Å². The number of carbonyl (C=O) groups is 1. The number of benzene rings is 1. The number of ketones is 1. The normalized spacial score (nSPS) is 16.5. The van der Waals surface area contributed by atoms with E-state index in [1.54, 1.807) is 10.9 Å². The van der Waals surface area contributed by atoms with Gasteiger partial charge in [-0.25, -0.2) is 8.78 Å². The SMILES string of the molecule is CC(=O)C(C)(CCn1ccc(-c2ccc(C)cc2)n1)C(C)(O)C(F)F. The Balaban J connectivity index is 2.17. The van der Waals surface area contributed by atoms with Crippen LogP contribution in [0, 0.1) is 12.3 Å². The van der Waals surface area contributed by atoms with E-state index in [2.05, 4.69) is 5.10 Å². The van der Waals surface area contributed by atoms with Gasteiger partial charge in [-0.2, -0.15) is 5.10 Å². The first kappa shape index (κ1) is 19.2. The number of rotatable bonds is 7. The van der Waals surface area contributed by atoms with E-state index >= 15 is 0 Å². The summed E-state index contributed by atoms with van der Waals surface area (Å²) in [6.45, 7) is 5.88. The van der Waals surface area contributed by atoms with Crippen LogP contribution < -0.4 is 0 Å². The van der Waals surface area contributed by atoms with E-state index in [9.17, 15) is 18.7 Å². The molecule has 1 heterocycles. The van der Waals surface area contributed by atoms with Crippen molar-refractivity contribution in [3.05, 3.63) is 42.1 Å². The maximum Gasteiger partial charge on any atom is 0.267 e. The molecular weight excluding hydrogens is 326 g/mol. The third kappa shape index (κ3) is 3.79. The second-order valence-corrected chi connectivity index (χ2v) is 6.92. The van der Waals surface area contributed by atoms with Crippen molar-refractivity contribution >= 4 is 5.78 Å². The maximum atomic E-state index is 13.2. The number of nitrogens with zero attached hydrogens (tertiary/aromatic N) is 2. The second-order valence-electron chi connectivity index (χ2n) is 6.92. The lowest BCUT2D eigenvalue weighted by Gasteiger charge is -2.40. The molecule has 6 heteroatoms. The number of aryl methyl sites for hydroxylation is 2. The number of carbonyl (C=O) groups excluding carboxylic acids is 1. The van der Waals surface area contributed by atoms with Gasteiger partial charge in [0, 0.05) is 18.3 Å². The van der Waals surface area contributed by atoms with Gasteiger partial charge < -0.3 is 5.11 Å². The topological polar surface area (TPSA) is 55.1 Å². The Bertz CT molecular complexity index is 738. The molecule has 2 aromatic rings. The highest BCUT2D eigenvalue weighted by molar-refractivity contribution is 5.83. The summed E-state index contributed by atoms with van der Waals surface area (Å²) in [6, 6.07) is 9.73. The number of Topliss-reactive ketones (excluding diaryl/α,β-unsaturated/α-hetero) is 1. The molecule has 2 rings (SSSR count). The molecule has 2 atom stereocenters. The Labute approximate surface area is 146 Å². The van der Waals surface area contributed by atoms with Crippen molar-refractivity contribution in [1.82, 2.24) is 9.78 Å². The molecule has 0 radical (unpaired) electrons. The van der Waals surface area contributed by atoms with Crippen molar-refractivity contribution in [2.24, 2.45) is 5.41 Å². The lowest BCUT2D eigenvalue weighted by Crippen LogP contribution is -2.53. The first-order valence-electron chi connectivity index (χ1n) is 8.20. The lowest BCUT2D eigenvalue weighted by atomic mass is 9.69. The van der Waals surface area contributed by atoms with E-state index in [1.807, 2.05) is 37.3 Å². The highest BCUT2D eigenvalue weighted by Crippen LogP contribution is 2.40. The smallest absolute Gasteiger partial charge is 0.267 e. The van der Waals surface area contributed by atoms with Crippen LogP contribution in [-0.2, 0) is 11.3 Å². The predicted octanol–water partition coefficient (Wildman–Crippen LogP) is 3.86. The molecule has 0 aliphatic carbocycles. The van der Waals surface area contributed by atoms with Crippen molar-refractivity contribution in [3.8, 4) is 11.3 Å². The van der Waals surface area contributed by atoms with E-state index in [0.717, 1.165) is 23.7 Å². The molecule has 0 fully saturated rings. The van der Waals surface area contributed by atoms with Crippen LogP contribution in [0.4, 0.5) is 8.78 Å². The van der Waals surface area contributed by atoms with E-state index in [-0.39, 0.29) is 13.0 Å². The molecule has 1 aromatic carbocycles. The van der Waals surface area contributed by atoms with Crippen LogP contribution in [0.2, 0.25) is 0 Å². The van der Waals surface area contributed by atoms with Gasteiger partial charge in [0.15, 0.2) is 0 Å². The summed E-state index contributed by atoms with van der Waals surface area (Å²) >= 11 is 0. The van der Waals surface area contributed by atoms with Crippen molar-refractivity contribution < 1.29 is 18.7 Å². The number of hydrogen-bond donors (Lipinski definition) is 1. The summed E-state index contributed by atoms with van der Waals surface area (Å²) in [7, 11) is 0. The zero-order valence-electron chi connectivity index (χ0n) is 15.0. The average Bonchev–Trinajstić information content (AvgIpc) is 3.01. The number of halogens is 2. The molecule has 4 nitrogen and oxygen atoms in total. The number of aromatic nitrogens is 2. The molecule has 2 unspecified atom stereocenters. The molecule has 1 N–H and O–H groups in total. The third-order valence-electron chi connectivity index (χ3n) is 5.15. The highest BCUT2D eigenvalue weighted by atomic mass is 19.3. The molecule has 0 saturated carbocycles. The summed E-state index contributed by atoms with van der Waals surface area (Å²) in [6.07, 6.45) is -1.20. The largest absolute Gasteiger partial charge is 0.383 e. The van der Waals surface area contributed by atoms with Gasteiger partial charge in [0.25, 0.3) is 6.43 Å². The minimum atomic E-state index is -3.01. The molecule has 136 valence electrons. The van der Waals surface area contributed by atoms with Gasteiger partial charge in [-0.05, 0) is 40.2 Å². The Morgan fingerprint density at radius 1 is 1.24 bits per heavy atom. The Hall–Kier alpha value is -2.08. The molecule has 0 amide bonds. The highest BCUT2D eigenvalue weighted by Gasteiger charge is 2.52. The van der Waals surface area contributed by atoms with Gasteiger partial charge in [-0.15, -0.1) is 0 Å². The monoisotopic (exact) mass is 350 g/mol. The standard InChI is InChI=1S/C19H24F2N2O2/c1-13-5-7-15(8-6-13)16-9-11-23(22-16)12-10-18(3,14(2)24)19(4,25)17(20)21/h5-9,11,17,25H,10,12H2,1-4H3. The molecule has 0 aliphatic heterocycles. The number of aliphatic hydroxyl groups is 1. The summed E-state index contributed by atoms with van der Waals surface area (Å²) in [5, 5.41) is 14.6.